The van der Waals surface area contributed by atoms with E-state index in [1.807, 2.05) is 27.7 Å². The zero-order valence-electron chi connectivity index (χ0n) is 11.4. The highest BCUT2D eigenvalue weighted by Crippen LogP contribution is 2.24. The number of hydrogen-bond donors (Lipinski definition) is 3. The predicted molar refractivity (Wildman–Crippen MR) is 66.0 cm³/mol. The molecule has 2 unspecified atom stereocenters. The Morgan fingerprint density at radius 3 is 2.17 bits per heavy atom. The number of rotatable bonds is 5. The molecule has 1 rings (SSSR count). The molecule has 1 aliphatic rings. The van der Waals surface area contributed by atoms with E-state index in [1.54, 1.807) is 0 Å². The molecule has 18 heavy (non-hydrogen) atoms. The van der Waals surface area contributed by atoms with E-state index in [2.05, 4.69) is 0 Å². The zero-order valence-corrected chi connectivity index (χ0v) is 11.4. The molecule has 0 aromatic rings. The van der Waals surface area contributed by atoms with Crippen LogP contribution in [0.1, 0.15) is 27.7 Å². The van der Waals surface area contributed by atoms with Crippen LogP contribution in [0.2, 0.25) is 0 Å². The van der Waals surface area contributed by atoms with E-state index in [4.69, 9.17) is 19.9 Å². The van der Waals surface area contributed by atoms with Gasteiger partial charge in [-0.3, -0.25) is 0 Å². The zero-order chi connectivity index (χ0) is 13.9. The summed E-state index contributed by atoms with van der Waals surface area (Å²) in [6.07, 6.45) is -3.10. The Morgan fingerprint density at radius 1 is 1.17 bits per heavy atom. The van der Waals surface area contributed by atoms with E-state index in [0.717, 1.165) is 0 Å². The molecule has 0 aliphatic carbocycles. The van der Waals surface area contributed by atoms with Gasteiger partial charge in [0, 0.05) is 0 Å². The van der Waals surface area contributed by atoms with Crippen LogP contribution < -0.4 is 5.73 Å². The minimum Gasteiger partial charge on any atom is -0.394 e. The van der Waals surface area contributed by atoms with Gasteiger partial charge in [-0.05, 0) is 27.7 Å². The Hall–Kier alpha value is -0.240. The van der Waals surface area contributed by atoms with Crippen LogP contribution in [0.3, 0.4) is 0 Å². The first-order valence-corrected chi connectivity index (χ1v) is 6.37. The van der Waals surface area contributed by atoms with Gasteiger partial charge < -0.3 is 30.2 Å². The summed E-state index contributed by atoms with van der Waals surface area (Å²) in [4.78, 5) is 0. The van der Waals surface area contributed by atoms with Crippen molar-refractivity contribution in [2.75, 3.05) is 6.61 Å². The molecule has 0 saturated carbocycles. The first-order valence-electron chi connectivity index (χ1n) is 6.37. The molecule has 108 valence electrons. The summed E-state index contributed by atoms with van der Waals surface area (Å²) in [6.45, 7) is 7.16. The molecular weight excluding hydrogens is 238 g/mol. The van der Waals surface area contributed by atoms with Gasteiger partial charge in [0.05, 0.1) is 24.9 Å². The Kier molecular flexibility index (Phi) is 5.97. The van der Waals surface area contributed by atoms with Crippen molar-refractivity contribution in [1.29, 1.82) is 0 Å². The average molecular weight is 263 g/mol. The molecule has 6 heteroatoms. The molecule has 0 radical (unpaired) electrons. The first-order chi connectivity index (χ1) is 8.36. The molecule has 1 saturated heterocycles. The van der Waals surface area contributed by atoms with E-state index in [-0.39, 0.29) is 18.8 Å². The number of hydrogen-bond acceptors (Lipinski definition) is 6. The molecule has 1 fully saturated rings. The molecule has 1 aliphatic heterocycles. The third-order valence-corrected chi connectivity index (χ3v) is 2.74. The Labute approximate surface area is 108 Å². The fourth-order valence-corrected chi connectivity index (χ4v) is 1.96. The van der Waals surface area contributed by atoms with E-state index in [0.29, 0.717) is 0 Å². The third kappa shape index (κ3) is 3.88. The van der Waals surface area contributed by atoms with Crippen molar-refractivity contribution in [3.63, 3.8) is 0 Å². The molecule has 0 spiro atoms. The lowest BCUT2D eigenvalue weighted by molar-refractivity contribution is -0.285. The summed E-state index contributed by atoms with van der Waals surface area (Å²) < 4.78 is 16.6. The van der Waals surface area contributed by atoms with E-state index >= 15 is 0 Å². The maximum absolute atomic E-state index is 10.2. The second kappa shape index (κ2) is 6.79. The van der Waals surface area contributed by atoms with Crippen LogP contribution in [0.15, 0.2) is 0 Å². The van der Waals surface area contributed by atoms with Crippen molar-refractivity contribution in [2.45, 2.75) is 70.5 Å². The summed E-state index contributed by atoms with van der Waals surface area (Å²) in [5, 5.41) is 19.5. The maximum atomic E-state index is 10.2. The lowest BCUT2D eigenvalue weighted by Crippen LogP contribution is -2.63. The third-order valence-electron chi connectivity index (χ3n) is 2.74. The minimum atomic E-state index is -0.929. The highest BCUT2D eigenvalue weighted by atomic mass is 16.7. The summed E-state index contributed by atoms with van der Waals surface area (Å²) in [5.41, 5.74) is 5.89. The van der Waals surface area contributed by atoms with E-state index < -0.39 is 30.6 Å². The largest absolute Gasteiger partial charge is 0.394 e. The van der Waals surface area contributed by atoms with E-state index in [1.165, 1.54) is 0 Å². The first kappa shape index (κ1) is 15.8. The van der Waals surface area contributed by atoms with Crippen molar-refractivity contribution in [1.82, 2.24) is 0 Å². The SMILES string of the molecule is CC(C)O[C@@H]1OC(CO)[C@@H](OC(C)C)[C@H](O)C1N. The van der Waals surface area contributed by atoms with Gasteiger partial charge in [0.1, 0.15) is 18.3 Å². The molecule has 6 nitrogen and oxygen atoms in total. The van der Waals surface area contributed by atoms with Crippen LogP contribution in [-0.4, -0.2) is 59.7 Å². The molecule has 0 bridgehead atoms. The number of aliphatic hydroxyl groups excluding tert-OH is 2. The second-order valence-electron chi connectivity index (χ2n) is 5.13. The summed E-state index contributed by atoms with van der Waals surface area (Å²) in [7, 11) is 0. The van der Waals surface area contributed by atoms with Gasteiger partial charge in [0.15, 0.2) is 6.29 Å². The van der Waals surface area contributed by atoms with Gasteiger partial charge >= 0.3 is 0 Å². The second-order valence-corrected chi connectivity index (χ2v) is 5.13. The van der Waals surface area contributed by atoms with Crippen molar-refractivity contribution >= 4 is 0 Å². The van der Waals surface area contributed by atoms with Crippen LogP contribution in [-0.2, 0) is 14.2 Å². The van der Waals surface area contributed by atoms with Gasteiger partial charge in [-0.15, -0.1) is 0 Å². The number of ether oxygens (including phenoxy) is 3. The molecule has 0 amide bonds. The molecule has 5 atom stereocenters. The Bertz CT molecular complexity index is 247. The molecule has 1 heterocycles. The monoisotopic (exact) mass is 263 g/mol. The smallest absolute Gasteiger partial charge is 0.176 e. The van der Waals surface area contributed by atoms with Gasteiger partial charge in [-0.25, -0.2) is 0 Å². The van der Waals surface area contributed by atoms with Crippen molar-refractivity contribution in [2.24, 2.45) is 5.73 Å². The fourth-order valence-electron chi connectivity index (χ4n) is 1.96. The quantitative estimate of drug-likeness (QED) is 0.625. The summed E-state index contributed by atoms with van der Waals surface area (Å²) >= 11 is 0. The van der Waals surface area contributed by atoms with Crippen LogP contribution >= 0.6 is 0 Å². The van der Waals surface area contributed by atoms with Gasteiger partial charge in [0.25, 0.3) is 0 Å². The van der Waals surface area contributed by atoms with Crippen LogP contribution in [0.5, 0.6) is 0 Å². The normalized spacial score (nSPS) is 37.5. The van der Waals surface area contributed by atoms with E-state index in [9.17, 15) is 10.2 Å². The lowest BCUT2D eigenvalue weighted by atomic mass is 9.97. The van der Waals surface area contributed by atoms with Crippen LogP contribution in [0.25, 0.3) is 0 Å². The highest BCUT2D eigenvalue weighted by molar-refractivity contribution is 4.93. The maximum Gasteiger partial charge on any atom is 0.176 e. The summed E-state index contributed by atoms with van der Waals surface area (Å²) in [6, 6.07) is -0.695. The van der Waals surface area contributed by atoms with Crippen LogP contribution in [0.4, 0.5) is 0 Å². The van der Waals surface area contributed by atoms with Crippen LogP contribution in [0, 0.1) is 0 Å². The molecule has 0 aromatic heterocycles. The van der Waals surface area contributed by atoms with Crippen molar-refractivity contribution in [3.05, 3.63) is 0 Å². The molecule has 0 aromatic carbocycles. The topological polar surface area (TPSA) is 94.2 Å². The fraction of sp³-hybridized carbons (Fsp3) is 1.00. The Balaban J connectivity index is 2.74. The van der Waals surface area contributed by atoms with Gasteiger partial charge in [-0.2, -0.15) is 0 Å². The minimum absolute atomic E-state index is 0.0739. The average Bonchev–Trinajstić information content (AvgIpc) is 2.27. The lowest BCUT2D eigenvalue weighted by Gasteiger charge is -2.43. The summed E-state index contributed by atoms with van der Waals surface area (Å²) in [5.74, 6) is 0. The molecular formula is C12H25NO5. The Morgan fingerprint density at radius 2 is 1.72 bits per heavy atom. The highest BCUT2D eigenvalue weighted by Gasteiger charge is 2.45. The standard InChI is InChI=1S/C12H25NO5/c1-6(2)16-11-8(5-14)18-12(17-7(3)4)9(13)10(11)15/h6-12,14-15H,5,13H2,1-4H3/t8?,9?,10-,11-,12-/m1/s1. The number of nitrogens with two attached hydrogens (primary N) is 1. The van der Waals surface area contributed by atoms with Crippen molar-refractivity contribution in [3.8, 4) is 0 Å². The van der Waals surface area contributed by atoms with Gasteiger partial charge in [-0.1, -0.05) is 0 Å². The predicted octanol–water partition coefficient (Wildman–Crippen LogP) is -0.390. The number of aliphatic hydroxyl groups is 2. The van der Waals surface area contributed by atoms with Gasteiger partial charge in [0.2, 0.25) is 0 Å². The molecule has 4 N–H and O–H groups in total. The van der Waals surface area contributed by atoms with Crippen molar-refractivity contribution < 1.29 is 24.4 Å².